The molecule has 0 amide bonds. The fourth-order valence-corrected chi connectivity index (χ4v) is 3.43. The summed E-state index contributed by atoms with van der Waals surface area (Å²) < 4.78 is 12.1. The topological polar surface area (TPSA) is 39.4 Å². The van der Waals surface area contributed by atoms with Crippen molar-refractivity contribution in [2.24, 2.45) is 0 Å². The first kappa shape index (κ1) is 18.1. The van der Waals surface area contributed by atoms with Gasteiger partial charge in [-0.2, -0.15) is 0 Å². The van der Waals surface area contributed by atoms with Gasteiger partial charge in [-0.1, -0.05) is 51.3 Å². The molecule has 1 aliphatic heterocycles. The quantitative estimate of drug-likeness (QED) is 0.311. The predicted molar refractivity (Wildman–Crippen MR) is 110 cm³/mol. The highest BCUT2D eigenvalue weighted by molar-refractivity contribution is 9.10. The first-order valence-electron chi connectivity index (χ1n) is 7.96. The van der Waals surface area contributed by atoms with E-state index in [1.165, 1.54) is 0 Å². The maximum atomic E-state index is 12.2. The molecular weight excluding hydrogens is 451 g/mol. The lowest BCUT2D eigenvalue weighted by molar-refractivity contribution is -0.130. The minimum absolute atomic E-state index is 0.413. The summed E-state index contributed by atoms with van der Waals surface area (Å²) in [6.45, 7) is 0. The van der Waals surface area contributed by atoms with E-state index in [1.807, 2.05) is 24.3 Å². The standard InChI is InChI=1S/C21H11BrCl2O3/c22-14-3-1-12(2-4-14)20-10-13(21(25)27-20)9-16-6-8-19(26-16)17-7-5-15(23)11-18(17)24/h1-11H/b13-9-. The van der Waals surface area contributed by atoms with Gasteiger partial charge in [-0.3, -0.25) is 0 Å². The molecule has 3 nitrogen and oxygen atoms in total. The van der Waals surface area contributed by atoms with E-state index in [9.17, 15) is 4.79 Å². The molecule has 6 heteroatoms. The highest BCUT2D eigenvalue weighted by Crippen LogP contribution is 2.33. The molecule has 4 rings (SSSR count). The van der Waals surface area contributed by atoms with Crippen LogP contribution >= 0.6 is 39.1 Å². The molecule has 0 saturated heterocycles. The van der Waals surface area contributed by atoms with Crippen molar-refractivity contribution in [2.75, 3.05) is 0 Å². The Morgan fingerprint density at radius 1 is 0.963 bits per heavy atom. The highest BCUT2D eigenvalue weighted by atomic mass is 79.9. The van der Waals surface area contributed by atoms with E-state index in [-0.39, 0.29) is 0 Å². The Kier molecular flexibility index (Phi) is 4.96. The van der Waals surface area contributed by atoms with E-state index in [4.69, 9.17) is 32.4 Å². The zero-order valence-electron chi connectivity index (χ0n) is 13.7. The number of hydrogen-bond donors (Lipinski definition) is 0. The monoisotopic (exact) mass is 460 g/mol. The van der Waals surface area contributed by atoms with Crippen molar-refractivity contribution in [2.45, 2.75) is 0 Å². The van der Waals surface area contributed by atoms with Crippen molar-refractivity contribution in [1.82, 2.24) is 0 Å². The van der Waals surface area contributed by atoms with Crippen LogP contribution in [0.15, 0.2) is 75.1 Å². The van der Waals surface area contributed by atoms with Gasteiger partial charge in [-0.25, -0.2) is 4.79 Å². The Morgan fingerprint density at radius 2 is 1.74 bits per heavy atom. The Morgan fingerprint density at radius 3 is 2.48 bits per heavy atom. The Labute approximate surface area is 174 Å². The van der Waals surface area contributed by atoms with Crippen LogP contribution in [0.3, 0.4) is 0 Å². The van der Waals surface area contributed by atoms with Crippen molar-refractivity contribution < 1.29 is 13.9 Å². The molecule has 0 N–H and O–H groups in total. The minimum Gasteiger partial charge on any atom is -0.457 e. The molecule has 0 fully saturated rings. The summed E-state index contributed by atoms with van der Waals surface area (Å²) in [5.74, 6) is 1.20. The summed E-state index contributed by atoms with van der Waals surface area (Å²) >= 11 is 15.5. The SMILES string of the molecule is O=C1OC(c2ccc(Br)cc2)=C/C1=C/c1ccc(-c2ccc(Cl)cc2Cl)o1. The van der Waals surface area contributed by atoms with Gasteiger partial charge >= 0.3 is 5.97 Å². The van der Waals surface area contributed by atoms with Crippen molar-refractivity contribution in [1.29, 1.82) is 0 Å². The number of benzene rings is 2. The number of halogens is 3. The number of hydrogen-bond acceptors (Lipinski definition) is 3. The van der Waals surface area contributed by atoms with Gasteiger partial charge in [0.2, 0.25) is 0 Å². The van der Waals surface area contributed by atoms with Crippen LogP contribution in [0.5, 0.6) is 0 Å². The number of cyclic esters (lactones) is 1. The molecule has 2 heterocycles. The average molecular weight is 462 g/mol. The zero-order chi connectivity index (χ0) is 19.0. The minimum atomic E-state index is -0.421. The van der Waals surface area contributed by atoms with E-state index >= 15 is 0 Å². The van der Waals surface area contributed by atoms with Gasteiger partial charge < -0.3 is 9.15 Å². The fraction of sp³-hybridized carbons (Fsp3) is 0. The lowest BCUT2D eigenvalue weighted by Crippen LogP contribution is -1.96. The molecule has 0 bridgehead atoms. The molecule has 0 saturated carbocycles. The van der Waals surface area contributed by atoms with Gasteiger partial charge in [0.15, 0.2) is 0 Å². The summed E-state index contributed by atoms with van der Waals surface area (Å²) in [4.78, 5) is 12.2. The number of ether oxygens (including phenoxy) is 1. The summed E-state index contributed by atoms with van der Waals surface area (Å²) in [6.07, 6.45) is 3.34. The average Bonchev–Trinajstić information content (AvgIpc) is 3.23. The normalized spacial score (nSPS) is 15.1. The first-order valence-corrected chi connectivity index (χ1v) is 9.51. The summed E-state index contributed by atoms with van der Waals surface area (Å²) in [5, 5.41) is 1.05. The summed E-state index contributed by atoms with van der Waals surface area (Å²) in [6, 6.07) is 16.3. The summed E-state index contributed by atoms with van der Waals surface area (Å²) in [5.41, 5.74) is 1.96. The van der Waals surface area contributed by atoms with Crippen LogP contribution in [0.4, 0.5) is 0 Å². The van der Waals surface area contributed by atoms with Gasteiger partial charge in [-0.05, 0) is 54.6 Å². The third-order valence-corrected chi connectivity index (χ3v) is 5.05. The van der Waals surface area contributed by atoms with Crippen molar-refractivity contribution in [3.05, 3.63) is 92.1 Å². The van der Waals surface area contributed by atoms with Crippen LogP contribution in [0.2, 0.25) is 10.0 Å². The van der Waals surface area contributed by atoms with Gasteiger partial charge in [0, 0.05) is 20.6 Å². The van der Waals surface area contributed by atoms with Crippen LogP contribution < -0.4 is 0 Å². The van der Waals surface area contributed by atoms with Gasteiger partial charge in [0.25, 0.3) is 0 Å². The van der Waals surface area contributed by atoms with E-state index in [2.05, 4.69) is 15.9 Å². The third-order valence-electron chi connectivity index (χ3n) is 3.97. The number of rotatable bonds is 3. The second kappa shape index (κ2) is 7.39. The number of furan rings is 1. The van der Waals surface area contributed by atoms with Crippen molar-refractivity contribution >= 4 is 56.9 Å². The largest absolute Gasteiger partial charge is 0.457 e. The molecule has 1 aromatic heterocycles. The maximum absolute atomic E-state index is 12.2. The van der Waals surface area contributed by atoms with Crippen LogP contribution in [0.25, 0.3) is 23.2 Å². The smallest absolute Gasteiger partial charge is 0.343 e. The fourth-order valence-electron chi connectivity index (χ4n) is 2.66. The molecule has 0 spiro atoms. The molecule has 27 heavy (non-hydrogen) atoms. The lowest BCUT2D eigenvalue weighted by Gasteiger charge is -2.01. The van der Waals surface area contributed by atoms with E-state index in [1.54, 1.807) is 42.5 Å². The zero-order valence-corrected chi connectivity index (χ0v) is 16.8. The van der Waals surface area contributed by atoms with Crippen molar-refractivity contribution in [3.63, 3.8) is 0 Å². The molecule has 0 unspecified atom stereocenters. The van der Waals surface area contributed by atoms with E-state index < -0.39 is 5.97 Å². The second-order valence-corrected chi connectivity index (χ2v) is 7.59. The third kappa shape index (κ3) is 3.88. The summed E-state index contributed by atoms with van der Waals surface area (Å²) in [7, 11) is 0. The predicted octanol–water partition coefficient (Wildman–Crippen LogP) is 7.00. The number of carbonyl (C=O) groups excluding carboxylic acids is 1. The lowest BCUT2D eigenvalue weighted by atomic mass is 10.1. The molecule has 2 aromatic carbocycles. The number of carbonyl (C=O) groups is 1. The molecule has 3 aromatic rings. The maximum Gasteiger partial charge on any atom is 0.343 e. The Bertz CT molecular complexity index is 1090. The van der Waals surface area contributed by atoms with Crippen molar-refractivity contribution in [3.8, 4) is 11.3 Å². The molecule has 0 aliphatic carbocycles. The molecule has 0 radical (unpaired) electrons. The van der Waals surface area contributed by atoms with Crippen LogP contribution in [-0.4, -0.2) is 5.97 Å². The number of esters is 1. The molecular formula is C21H11BrCl2O3. The van der Waals surface area contributed by atoms with E-state index in [0.29, 0.717) is 32.9 Å². The van der Waals surface area contributed by atoms with E-state index in [0.717, 1.165) is 15.6 Å². The first-order chi connectivity index (χ1) is 13.0. The Hall–Kier alpha value is -2.27. The van der Waals surface area contributed by atoms with Gasteiger partial charge in [0.05, 0.1) is 10.6 Å². The van der Waals surface area contributed by atoms with Crippen LogP contribution in [0.1, 0.15) is 11.3 Å². The second-order valence-electron chi connectivity index (χ2n) is 5.83. The Balaban J connectivity index is 1.63. The van der Waals surface area contributed by atoms with Gasteiger partial charge in [-0.15, -0.1) is 0 Å². The molecule has 134 valence electrons. The highest BCUT2D eigenvalue weighted by Gasteiger charge is 2.22. The molecule has 0 atom stereocenters. The van der Waals surface area contributed by atoms with Crippen LogP contribution in [0, 0.1) is 0 Å². The molecule has 1 aliphatic rings. The van der Waals surface area contributed by atoms with Crippen LogP contribution in [-0.2, 0) is 9.53 Å². The van der Waals surface area contributed by atoms with Gasteiger partial charge in [0.1, 0.15) is 17.3 Å².